The minimum absolute atomic E-state index is 0.0629. The molecule has 0 unspecified atom stereocenters. The van der Waals surface area contributed by atoms with Gasteiger partial charge < -0.3 is 14.7 Å². The number of amides is 1. The van der Waals surface area contributed by atoms with E-state index in [0.717, 1.165) is 55.7 Å². The quantitative estimate of drug-likeness (QED) is 0.747. The van der Waals surface area contributed by atoms with Gasteiger partial charge in [-0.2, -0.15) is 0 Å². The Balaban J connectivity index is 1.46. The lowest BCUT2D eigenvalue weighted by Gasteiger charge is -2.26. The van der Waals surface area contributed by atoms with Gasteiger partial charge in [0.05, 0.1) is 16.8 Å². The van der Waals surface area contributed by atoms with E-state index in [1.165, 1.54) is 12.8 Å². The van der Waals surface area contributed by atoms with Crippen LogP contribution in [0.15, 0.2) is 22.9 Å². The summed E-state index contributed by atoms with van der Waals surface area (Å²) in [6.45, 7) is 8.48. The van der Waals surface area contributed by atoms with Gasteiger partial charge in [0.25, 0.3) is 0 Å². The Bertz CT molecular complexity index is 876. The summed E-state index contributed by atoms with van der Waals surface area (Å²) in [5.74, 6) is 1.97. The fourth-order valence-corrected chi connectivity index (χ4v) is 4.56. The molecule has 0 aliphatic carbocycles. The van der Waals surface area contributed by atoms with Crippen molar-refractivity contribution < 1.29 is 9.32 Å². The number of aromatic nitrogens is 3. The topological polar surface area (TPSA) is 87.4 Å². The van der Waals surface area contributed by atoms with E-state index < -0.39 is 5.41 Å². The van der Waals surface area contributed by atoms with Crippen LogP contribution in [0.3, 0.4) is 0 Å². The Kier molecular flexibility index (Phi) is 6.04. The third-order valence-electron chi connectivity index (χ3n) is 6.30. The average molecular weight is 413 g/mol. The highest BCUT2D eigenvalue weighted by Crippen LogP contribution is 2.36. The largest absolute Gasteiger partial charge is 0.361 e. The van der Waals surface area contributed by atoms with Crippen molar-refractivity contribution in [1.29, 1.82) is 0 Å². The number of likely N-dealkylation sites (tertiary alicyclic amines) is 1. The third-order valence-corrected chi connectivity index (χ3v) is 6.30. The number of hydrogen-bond donors (Lipinski definition) is 1. The van der Waals surface area contributed by atoms with Gasteiger partial charge in [-0.05, 0) is 37.8 Å². The number of carbonyl (C=O) groups is 1. The van der Waals surface area contributed by atoms with E-state index in [0.29, 0.717) is 18.9 Å². The molecule has 0 aromatic carbocycles. The molecule has 2 aromatic heterocycles. The molecule has 30 heavy (non-hydrogen) atoms. The minimum Gasteiger partial charge on any atom is -0.361 e. The molecule has 0 saturated carbocycles. The maximum Gasteiger partial charge on any atom is 0.227 e. The van der Waals surface area contributed by atoms with Gasteiger partial charge in [0.15, 0.2) is 0 Å². The van der Waals surface area contributed by atoms with Gasteiger partial charge in [-0.25, -0.2) is 9.97 Å². The van der Waals surface area contributed by atoms with Crippen molar-refractivity contribution in [3.8, 4) is 0 Å². The van der Waals surface area contributed by atoms with Crippen molar-refractivity contribution in [2.75, 3.05) is 38.1 Å². The molecule has 1 N–H and O–H groups in total. The summed E-state index contributed by atoms with van der Waals surface area (Å²) in [4.78, 5) is 26.7. The van der Waals surface area contributed by atoms with Crippen LogP contribution >= 0.6 is 0 Å². The molecular weight excluding hydrogens is 380 g/mol. The van der Waals surface area contributed by atoms with E-state index in [4.69, 9.17) is 9.51 Å². The third kappa shape index (κ3) is 4.33. The fourth-order valence-electron chi connectivity index (χ4n) is 4.56. The van der Waals surface area contributed by atoms with Crippen molar-refractivity contribution in [2.45, 2.75) is 52.0 Å². The van der Waals surface area contributed by atoms with Crippen LogP contribution < -0.4 is 10.2 Å². The van der Waals surface area contributed by atoms with Crippen LogP contribution in [0.1, 0.15) is 56.2 Å². The summed E-state index contributed by atoms with van der Waals surface area (Å²) < 4.78 is 5.56. The summed E-state index contributed by atoms with van der Waals surface area (Å²) in [5.41, 5.74) is 1.43. The molecule has 1 atom stereocenters. The standard InChI is InChI=1S/C22H32N6O2/c1-16(2)19-12-18(30-26-19)13-22(20(29)23-3)7-11-27(15-22)14-17-6-8-24-21(25-17)28-9-4-5-10-28/h6,8,12,16H,4-5,7,9-11,13-15H2,1-3H3,(H,23,29)/t22-/m1/s1. The van der Waals surface area contributed by atoms with Crippen LogP contribution in [0.2, 0.25) is 0 Å². The molecule has 2 aliphatic heterocycles. The molecule has 0 radical (unpaired) electrons. The van der Waals surface area contributed by atoms with E-state index >= 15 is 0 Å². The lowest BCUT2D eigenvalue weighted by atomic mass is 9.81. The molecular formula is C22H32N6O2. The molecule has 162 valence electrons. The lowest BCUT2D eigenvalue weighted by molar-refractivity contribution is -0.130. The molecule has 8 nitrogen and oxygen atoms in total. The van der Waals surface area contributed by atoms with E-state index in [-0.39, 0.29) is 5.91 Å². The Hall–Kier alpha value is -2.48. The summed E-state index contributed by atoms with van der Waals surface area (Å²) in [5, 5.41) is 7.03. The second kappa shape index (κ2) is 8.71. The first-order valence-corrected chi connectivity index (χ1v) is 11.0. The van der Waals surface area contributed by atoms with Crippen molar-refractivity contribution in [1.82, 2.24) is 25.3 Å². The minimum atomic E-state index is -0.507. The van der Waals surface area contributed by atoms with Crippen molar-refractivity contribution in [2.24, 2.45) is 5.41 Å². The zero-order valence-electron chi connectivity index (χ0n) is 18.2. The number of hydrogen-bond acceptors (Lipinski definition) is 7. The number of anilines is 1. The predicted molar refractivity (Wildman–Crippen MR) is 114 cm³/mol. The number of carbonyl (C=O) groups excluding carboxylic acids is 1. The van der Waals surface area contributed by atoms with Crippen molar-refractivity contribution >= 4 is 11.9 Å². The first-order valence-electron chi connectivity index (χ1n) is 11.0. The van der Waals surface area contributed by atoms with Gasteiger partial charge in [-0.15, -0.1) is 0 Å². The van der Waals surface area contributed by atoms with E-state index in [1.807, 2.05) is 18.3 Å². The van der Waals surface area contributed by atoms with Crippen molar-refractivity contribution in [3.05, 3.63) is 35.5 Å². The van der Waals surface area contributed by atoms with Gasteiger partial charge in [0.2, 0.25) is 11.9 Å². The molecule has 4 heterocycles. The monoisotopic (exact) mass is 412 g/mol. The zero-order valence-corrected chi connectivity index (χ0v) is 18.2. The Morgan fingerprint density at radius 1 is 1.30 bits per heavy atom. The van der Waals surface area contributed by atoms with Gasteiger partial charge in [0.1, 0.15) is 5.76 Å². The first kappa shape index (κ1) is 20.8. The molecule has 0 spiro atoms. The molecule has 2 aromatic rings. The Morgan fingerprint density at radius 3 is 2.80 bits per heavy atom. The summed E-state index contributed by atoms with van der Waals surface area (Å²) in [6.07, 6.45) is 5.60. The summed E-state index contributed by atoms with van der Waals surface area (Å²) >= 11 is 0. The van der Waals surface area contributed by atoms with Gasteiger partial charge in [-0.3, -0.25) is 9.69 Å². The average Bonchev–Trinajstić information content (AvgIpc) is 3.50. The van der Waals surface area contributed by atoms with Gasteiger partial charge >= 0.3 is 0 Å². The highest BCUT2D eigenvalue weighted by Gasteiger charge is 2.45. The molecule has 8 heteroatoms. The molecule has 4 rings (SSSR count). The SMILES string of the molecule is CNC(=O)[C@@]1(Cc2cc(C(C)C)no2)CCN(Cc2ccnc(N3CCCC3)n2)C1. The highest BCUT2D eigenvalue weighted by molar-refractivity contribution is 5.83. The summed E-state index contributed by atoms with van der Waals surface area (Å²) in [7, 11) is 1.71. The normalized spacial score (nSPS) is 22.2. The van der Waals surface area contributed by atoms with E-state index in [1.54, 1.807) is 7.05 Å². The molecule has 2 fully saturated rings. The molecule has 2 aliphatic rings. The molecule has 1 amide bonds. The van der Waals surface area contributed by atoms with Crippen LogP contribution in [0.4, 0.5) is 5.95 Å². The van der Waals surface area contributed by atoms with Crippen molar-refractivity contribution in [3.63, 3.8) is 0 Å². The molecule has 2 saturated heterocycles. The summed E-state index contributed by atoms with van der Waals surface area (Å²) in [6, 6.07) is 3.97. The van der Waals surface area contributed by atoms with Crippen LogP contribution in [0.25, 0.3) is 0 Å². The van der Waals surface area contributed by atoms with E-state index in [2.05, 4.69) is 39.1 Å². The first-order chi connectivity index (χ1) is 14.5. The Morgan fingerprint density at radius 2 is 2.10 bits per heavy atom. The fraction of sp³-hybridized carbons (Fsp3) is 0.636. The maximum absolute atomic E-state index is 12.9. The van der Waals surface area contributed by atoms with Crippen LogP contribution in [-0.4, -0.2) is 59.2 Å². The van der Waals surface area contributed by atoms with Crippen LogP contribution in [0, 0.1) is 5.41 Å². The molecule has 0 bridgehead atoms. The highest BCUT2D eigenvalue weighted by atomic mass is 16.5. The second-order valence-electron chi connectivity index (χ2n) is 8.91. The smallest absolute Gasteiger partial charge is 0.227 e. The second-order valence-corrected chi connectivity index (χ2v) is 8.91. The predicted octanol–water partition coefficient (Wildman–Crippen LogP) is 2.37. The number of rotatable bonds is 7. The lowest BCUT2D eigenvalue weighted by Crippen LogP contribution is -2.43. The number of nitrogens with one attached hydrogen (secondary N) is 1. The van der Waals surface area contributed by atoms with Crippen LogP contribution in [0.5, 0.6) is 0 Å². The van der Waals surface area contributed by atoms with Gasteiger partial charge in [0, 0.05) is 51.9 Å². The zero-order chi connectivity index (χ0) is 21.1. The Labute approximate surface area is 178 Å². The maximum atomic E-state index is 12.9. The van der Waals surface area contributed by atoms with Crippen LogP contribution in [-0.2, 0) is 17.8 Å². The number of nitrogens with zero attached hydrogens (tertiary/aromatic N) is 5. The van der Waals surface area contributed by atoms with Gasteiger partial charge in [-0.1, -0.05) is 19.0 Å². The van der Waals surface area contributed by atoms with E-state index in [9.17, 15) is 4.79 Å².